The van der Waals surface area contributed by atoms with E-state index in [9.17, 15) is 4.79 Å². The highest BCUT2D eigenvalue weighted by atomic mass is 35.5. The standard InChI is InChI=1S/C8H5ClN2O2/c9-7-5(11)2-1-4(3-10)6(7)8(12)13/h1-2H,11H2,(H,12,13). The molecule has 0 bridgehead atoms. The Labute approximate surface area is 79.2 Å². The van der Waals surface area contributed by atoms with Crippen molar-refractivity contribution in [2.24, 2.45) is 0 Å². The smallest absolute Gasteiger partial charge is 0.338 e. The van der Waals surface area contributed by atoms with Crippen molar-refractivity contribution in [2.45, 2.75) is 0 Å². The van der Waals surface area contributed by atoms with E-state index in [2.05, 4.69) is 0 Å². The normalized spacial score (nSPS) is 9.23. The molecule has 0 radical (unpaired) electrons. The summed E-state index contributed by atoms with van der Waals surface area (Å²) in [6, 6.07) is 4.44. The highest BCUT2D eigenvalue weighted by molar-refractivity contribution is 6.36. The zero-order valence-electron chi connectivity index (χ0n) is 6.41. The molecule has 0 aliphatic carbocycles. The summed E-state index contributed by atoms with van der Waals surface area (Å²) in [5.41, 5.74) is 5.29. The van der Waals surface area contributed by atoms with Crippen LogP contribution in [0.5, 0.6) is 0 Å². The maximum absolute atomic E-state index is 10.7. The summed E-state index contributed by atoms with van der Waals surface area (Å²) in [5, 5.41) is 17.2. The molecule has 13 heavy (non-hydrogen) atoms. The third-order valence-electron chi connectivity index (χ3n) is 1.51. The van der Waals surface area contributed by atoms with Crippen molar-refractivity contribution >= 4 is 23.3 Å². The Bertz CT molecular complexity index is 409. The van der Waals surface area contributed by atoms with Crippen molar-refractivity contribution in [3.05, 3.63) is 28.3 Å². The quantitative estimate of drug-likeness (QED) is 0.667. The maximum Gasteiger partial charge on any atom is 0.338 e. The van der Waals surface area contributed by atoms with Crippen LogP contribution in [0.1, 0.15) is 15.9 Å². The van der Waals surface area contributed by atoms with Crippen LogP contribution in [-0.2, 0) is 0 Å². The number of carboxylic acid groups (broad SMARTS) is 1. The average Bonchev–Trinajstić information content (AvgIpc) is 2.08. The highest BCUT2D eigenvalue weighted by Gasteiger charge is 2.16. The van der Waals surface area contributed by atoms with Gasteiger partial charge in [-0.25, -0.2) is 4.79 Å². The molecule has 0 heterocycles. The van der Waals surface area contributed by atoms with E-state index in [0.717, 1.165) is 0 Å². The number of hydrogen-bond donors (Lipinski definition) is 2. The molecular formula is C8H5ClN2O2. The van der Waals surface area contributed by atoms with Crippen LogP contribution in [0.2, 0.25) is 5.02 Å². The molecule has 4 nitrogen and oxygen atoms in total. The van der Waals surface area contributed by atoms with E-state index < -0.39 is 5.97 Å². The number of nitriles is 1. The molecule has 0 spiro atoms. The number of carboxylic acids is 1. The molecule has 1 rings (SSSR count). The minimum atomic E-state index is -1.26. The Hall–Kier alpha value is -1.73. The molecule has 3 N–H and O–H groups in total. The molecule has 66 valence electrons. The van der Waals surface area contributed by atoms with Gasteiger partial charge in [0.25, 0.3) is 0 Å². The second kappa shape index (κ2) is 3.33. The molecule has 0 saturated heterocycles. The first kappa shape index (κ1) is 9.36. The monoisotopic (exact) mass is 196 g/mol. The Morgan fingerprint density at radius 1 is 1.62 bits per heavy atom. The topological polar surface area (TPSA) is 87.1 Å². The molecule has 0 aliphatic rings. The predicted octanol–water partition coefficient (Wildman–Crippen LogP) is 1.49. The molecule has 1 aromatic carbocycles. The lowest BCUT2D eigenvalue weighted by molar-refractivity contribution is 0.0697. The number of rotatable bonds is 1. The van der Waals surface area contributed by atoms with Crippen LogP contribution in [0, 0.1) is 11.3 Å². The van der Waals surface area contributed by atoms with Gasteiger partial charge in [-0.2, -0.15) is 5.26 Å². The van der Waals surface area contributed by atoms with E-state index in [-0.39, 0.29) is 21.8 Å². The van der Waals surface area contributed by atoms with E-state index in [4.69, 9.17) is 27.7 Å². The second-order valence-corrected chi connectivity index (χ2v) is 2.69. The van der Waals surface area contributed by atoms with Gasteiger partial charge < -0.3 is 10.8 Å². The van der Waals surface area contributed by atoms with Gasteiger partial charge in [-0.3, -0.25) is 0 Å². The van der Waals surface area contributed by atoms with Crippen LogP contribution in [-0.4, -0.2) is 11.1 Å². The predicted molar refractivity (Wildman–Crippen MR) is 47.5 cm³/mol. The van der Waals surface area contributed by atoms with Crippen LogP contribution >= 0.6 is 11.6 Å². The maximum atomic E-state index is 10.7. The number of anilines is 1. The van der Waals surface area contributed by atoms with E-state index in [1.165, 1.54) is 12.1 Å². The van der Waals surface area contributed by atoms with Gasteiger partial charge >= 0.3 is 5.97 Å². The molecular weight excluding hydrogens is 192 g/mol. The van der Waals surface area contributed by atoms with Crippen LogP contribution in [0.3, 0.4) is 0 Å². The van der Waals surface area contributed by atoms with Gasteiger partial charge in [-0.15, -0.1) is 0 Å². The number of hydrogen-bond acceptors (Lipinski definition) is 3. The van der Waals surface area contributed by atoms with Crippen molar-refractivity contribution in [1.82, 2.24) is 0 Å². The lowest BCUT2D eigenvalue weighted by Gasteiger charge is -2.03. The summed E-state index contributed by atoms with van der Waals surface area (Å²) < 4.78 is 0. The fourth-order valence-electron chi connectivity index (χ4n) is 0.894. The van der Waals surface area contributed by atoms with Gasteiger partial charge in [-0.05, 0) is 12.1 Å². The Kier molecular flexibility index (Phi) is 2.40. The van der Waals surface area contributed by atoms with Gasteiger partial charge in [0.05, 0.1) is 21.8 Å². The average molecular weight is 197 g/mol. The zero-order chi connectivity index (χ0) is 10.0. The number of carbonyl (C=O) groups is 1. The third-order valence-corrected chi connectivity index (χ3v) is 1.91. The van der Waals surface area contributed by atoms with Crippen LogP contribution in [0.15, 0.2) is 12.1 Å². The number of nitrogens with two attached hydrogens (primary N) is 1. The lowest BCUT2D eigenvalue weighted by Crippen LogP contribution is -2.03. The summed E-state index contributed by atoms with van der Waals surface area (Å²) in [7, 11) is 0. The van der Waals surface area contributed by atoms with E-state index in [1.54, 1.807) is 6.07 Å². The molecule has 0 aromatic heterocycles. The second-order valence-electron chi connectivity index (χ2n) is 2.31. The first-order valence-electron chi connectivity index (χ1n) is 3.29. The van der Waals surface area contributed by atoms with Crippen LogP contribution in [0.25, 0.3) is 0 Å². The summed E-state index contributed by atoms with van der Waals surface area (Å²) in [4.78, 5) is 10.7. The molecule has 5 heteroatoms. The Balaban J connectivity index is 3.53. The molecule has 0 unspecified atom stereocenters. The first-order chi connectivity index (χ1) is 6.07. The van der Waals surface area contributed by atoms with Crippen molar-refractivity contribution in [1.29, 1.82) is 5.26 Å². The Morgan fingerprint density at radius 2 is 2.23 bits per heavy atom. The third kappa shape index (κ3) is 1.55. The minimum Gasteiger partial charge on any atom is -0.478 e. The van der Waals surface area contributed by atoms with Crippen LogP contribution < -0.4 is 5.73 Å². The molecule has 0 fully saturated rings. The molecule has 0 saturated carbocycles. The van der Waals surface area contributed by atoms with E-state index in [1.807, 2.05) is 0 Å². The van der Waals surface area contributed by atoms with Crippen LogP contribution in [0.4, 0.5) is 5.69 Å². The minimum absolute atomic E-state index is 0.00620. The van der Waals surface area contributed by atoms with E-state index >= 15 is 0 Å². The van der Waals surface area contributed by atoms with Crippen molar-refractivity contribution < 1.29 is 9.90 Å². The number of benzene rings is 1. The van der Waals surface area contributed by atoms with Crippen molar-refractivity contribution in [3.8, 4) is 6.07 Å². The number of halogens is 1. The fourth-order valence-corrected chi connectivity index (χ4v) is 1.14. The highest BCUT2D eigenvalue weighted by Crippen LogP contribution is 2.26. The summed E-state index contributed by atoms with van der Waals surface area (Å²) in [5.74, 6) is -1.26. The number of aromatic carboxylic acids is 1. The molecule has 0 atom stereocenters. The molecule has 0 aliphatic heterocycles. The number of nitrogen functional groups attached to an aromatic ring is 1. The summed E-state index contributed by atoms with van der Waals surface area (Å²) >= 11 is 5.62. The van der Waals surface area contributed by atoms with Gasteiger partial charge in [0.2, 0.25) is 0 Å². The summed E-state index contributed by atoms with van der Waals surface area (Å²) in [6.07, 6.45) is 0. The SMILES string of the molecule is N#Cc1ccc(N)c(Cl)c1C(=O)O. The molecule has 1 aromatic rings. The first-order valence-corrected chi connectivity index (χ1v) is 3.67. The Morgan fingerprint density at radius 3 is 2.69 bits per heavy atom. The van der Waals surface area contributed by atoms with Gasteiger partial charge in [0.15, 0.2) is 0 Å². The van der Waals surface area contributed by atoms with Gasteiger partial charge in [0, 0.05) is 0 Å². The largest absolute Gasteiger partial charge is 0.478 e. The lowest BCUT2D eigenvalue weighted by atomic mass is 10.1. The zero-order valence-corrected chi connectivity index (χ0v) is 7.17. The fraction of sp³-hybridized carbons (Fsp3) is 0. The molecule has 0 amide bonds. The number of nitrogens with zero attached hydrogens (tertiary/aromatic N) is 1. The van der Waals surface area contributed by atoms with Crippen molar-refractivity contribution in [3.63, 3.8) is 0 Å². The van der Waals surface area contributed by atoms with Gasteiger partial charge in [0.1, 0.15) is 6.07 Å². The van der Waals surface area contributed by atoms with E-state index in [0.29, 0.717) is 0 Å². The van der Waals surface area contributed by atoms with Crippen molar-refractivity contribution in [2.75, 3.05) is 5.73 Å². The summed E-state index contributed by atoms with van der Waals surface area (Å²) in [6.45, 7) is 0. The van der Waals surface area contributed by atoms with Gasteiger partial charge in [-0.1, -0.05) is 11.6 Å².